The smallest absolute Gasteiger partial charge is 0.334 e. The van der Waals surface area contributed by atoms with Crippen LogP contribution in [-0.2, 0) is 29.0 Å². The average molecular weight is 250 g/mol. The van der Waals surface area contributed by atoms with E-state index in [9.17, 15) is 4.79 Å². The number of ether oxygens (including phenoxy) is 1. The number of halogens is 1. The van der Waals surface area contributed by atoms with Gasteiger partial charge in [-0.1, -0.05) is 0 Å². The van der Waals surface area contributed by atoms with Gasteiger partial charge in [0.1, 0.15) is 0 Å². The van der Waals surface area contributed by atoms with Crippen molar-refractivity contribution < 1.29 is 41.4 Å². The molecule has 0 heterocycles. The van der Waals surface area contributed by atoms with Crippen molar-refractivity contribution in [2.24, 2.45) is 0 Å². The van der Waals surface area contributed by atoms with Gasteiger partial charge in [0, 0.05) is 31.5 Å². The summed E-state index contributed by atoms with van der Waals surface area (Å²) in [4.78, 5) is 11.0. The molecular formula is C9H9ClO2Zn-. The molecular weight excluding hydrogens is 241 g/mol. The second kappa shape index (κ2) is 8.25. The van der Waals surface area contributed by atoms with Crippen LogP contribution in [0.3, 0.4) is 0 Å². The van der Waals surface area contributed by atoms with Gasteiger partial charge in [-0.15, -0.1) is 5.73 Å². The summed E-state index contributed by atoms with van der Waals surface area (Å²) < 4.78 is 4.78. The summed E-state index contributed by atoms with van der Waals surface area (Å²) >= 11 is 0. The van der Waals surface area contributed by atoms with Crippen LogP contribution in [0.1, 0.15) is 6.92 Å². The van der Waals surface area contributed by atoms with E-state index < -0.39 is 0 Å². The predicted octanol–water partition coefficient (Wildman–Crippen LogP) is -1.59. The molecule has 0 aromatic heterocycles. The first-order valence-corrected chi connectivity index (χ1v) is 3.48. The minimum absolute atomic E-state index is 0. The molecule has 0 bridgehead atoms. The van der Waals surface area contributed by atoms with Crippen LogP contribution in [0.2, 0.25) is 0 Å². The fourth-order valence-corrected chi connectivity index (χ4v) is 0.737. The quantitative estimate of drug-likeness (QED) is 0.335. The Bertz CT molecular complexity index is 252. The number of hydrogen-bond donors (Lipinski definition) is 0. The zero-order valence-electron chi connectivity index (χ0n) is 7.42. The summed E-state index contributed by atoms with van der Waals surface area (Å²) in [6, 6.07) is 0. The molecule has 13 heavy (non-hydrogen) atoms. The van der Waals surface area contributed by atoms with Gasteiger partial charge in [-0.3, -0.25) is 0 Å². The number of esters is 1. The average Bonchev–Trinajstić information content (AvgIpc) is 2.07. The summed E-state index contributed by atoms with van der Waals surface area (Å²) in [5, 5.41) is 0. The normalized spacial score (nSPS) is 12.2. The van der Waals surface area contributed by atoms with Gasteiger partial charge in [-0.2, -0.15) is 0 Å². The van der Waals surface area contributed by atoms with E-state index in [0.29, 0.717) is 12.2 Å². The molecule has 0 aromatic carbocycles. The zero-order valence-corrected chi connectivity index (χ0v) is 11.1. The Morgan fingerprint density at radius 3 is 2.69 bits per heavy atom. The predicted molar refractivity (Wildman–Crippen MR) is 41.7 cm³/mol. The molecule has 0 aromatic rings. The number of hydrogen-bond acceptors (Lipinski definition) is 2. The van der Waals surface area contributed by atoms with Gasteiger partial charge in [-0.25, -0.2) is 4.79 Å². The Morgan fingerprint density at radius 2 is 2.23 bits per heavy atom. The first-order valence-electron chi connectivity index (χ1n) is 3.48. The molecule has 0 amide bonds. The fraction of sp³-hybridized carbons (Fsp3) is 0.222. The third kappa shape index (κ3) is 5.05. The summed E-state index contributed by atoms with van der Waals surface area (Å²) in [5.41, 5.74) is 3.40. The maximum absolute atomic E-state index is 11.0. The van der Waals surface area contributed by atoms with Crippen molar-refractivity contribution in [3.05, 3.63) is 36.0 Å². The van der Waals surface area contributed by atoms with Crippen molar-refractivity contribution in [3.63, 3.8) is 0 Å². The summed E-state index contributed by atoms with van der Waals surface area (Å²) in [7, 11) is 0. The molecule has 0 aliphatic heterocycles. The summed E-state index contributed by atoms with van der Waals surface area (Å²) in [6.07, 6.45) is 6.73. The SMILES string of the molecule is CCOC(=O)C1=CC=C=C[CH]1.[Cl-].[Zn]. The van der Waals surface area contributed by atoms with Crippen molar-refractivity contribution in [3.8, 4) is 0 Å². The van der Waals surface area contributed by atoms with Crippen LogP contribution in [0.5, 0.6) is 0 Å². The maximum Gasteiger partial charge on any atom is 0.334 e. The van der Waals surface area contributed by atoms with Crippen molar-refractivity contribution in [1.29, 1.82) is 0 Å². The van der Waals surface area contributed by atoms with E-state index in [4.69, 9.17) is 4.74 Å². The van der Waals surface area contributed by atoms with Crippen LogP contribution >= 0.6 is 0 Å². The summed E-state index contributed by atoms with van der Waals surface area (Å²) in [6.45, 7) is 2.20. The molecule has 67 valence electrons. The van der Waals surface area contributed by atoms with Crippen LogP contribution in [-0.4, -0.2) is 12.6 Å². The number of carbonyl (C=O) groups excluding carboxylic acids is 1. The van der Waals surface area contributed by atoms with E-state index in [2.05, 4.69) is 5.73 Å². The second-order valence-corrected chi connectivity index (χ2v) is 2.01. The van der Waals surface area contributed by atoms with E-state index in [1.165, 1.54) is 0 Å². The van der Waals surface area contributed by atoms with Crippen LogP contribution < -0.4 is 12.4 Å². The van der Waals surface area contributed by atoms with Crippen molar-refractivity contribution in [2.45, 2.75) is 6.92 Å². The van der Waals surface area contributed by atoms with E-state index in [1.54, 1.807) is 31.6 Å². The molecule has 0 unspecified atom stereocenters. The Hall–Kier alpha value is -0.357. The van der Waals surface area contributed by atoms with Gasteiger partial charge in [0.25, 0.3) is 0 Å². The van der Waals surface area contributed by atoms with Gasteiger partial charge in [0.15, 0.2) is 0 Å². The second-order valence-electron chi connectivity index (χ2n) is 2.01. The fourth-order valence-electron chi connectivity index (χ4n) is 0.737. The Balaban J connectivity index is 0. The molecule has 0 N–H and O–H groups in total. The molecule has 0 saturated carbocycles. The van der Waals surface area contributed by atoms with E-state index >= 15 is 0 Å². The number of allylic oxidation sites excluding steroid dienone is 2. The van der Waals surface area contributed by atoms with Gasteiger partial charge < -0.3 is 17.1 Å². The molecule has 0 saturated heterocycles. The third-order valence-electron chi connectivity index (χ3n) is 1.23. The standard InChI is InChI=1S/C9H9O2.ClH.Zn/c1-2-11-9(10)8-6-4-3-5-7-8;;/h4-7H,2H2,1H3;1H;/p-1. The molecule has 4 heteroatoms. The van der Waals surface area contributed by atoms with Crippen LogP contribution in [0.25, 0.3) is 0 Å². The zero-order chi connectivity index (χ0) is 8.10. The molecule has 0 spiro atoms. The van der Waals surface area contributed by atoms with Crippen molar-refractivity contribution >= 4 is 5.97 Å². The van der Waals surface area contributed by atoms with Crippen molar-refractivity contribution in [1.82, 2.24) is 0 Å². The molecule has 1 rings (SSSR count). The number of rotatable bonds is 2. The first kappa shape index (κ1) is 15.1. The molecule has 0 atom stereocenters. The van der Waals surface area contributed by atoms with Gasteiger partial charge in [0.05, 0.1) is 6.61 Å². The van der Waals surface area contributed by atoms with Gasteiger partial charge >= 0.3 is 5.97 Å². The molecule has 1 radical (unpaired) electrons. The van der Waals surface area contributed by atoms with E-state index in [-0.39, 0.29) is 37.9 Å². The minimum Gasteiger partial charge on any atom is -1.00 e. The first-order chi connectivity index (χ1) is 5.34. The Kier molecular flexibility index (Phi) is 9.60. The Labute approximate surface area is 96.9 Å². The van der Waals surface area contributed by atoms with Crippen LogP contribution in [0.4, 0.5) is 0 Å². The monoisotopic (exact) mass is 248 g/mol. The van der Waals surface area contributed by atoms with E-state index in [0.717, 1.165) is 0 Å². The van der Waals surface area contributed by atoms with Gasteiger partial charge in [-0.05, 0) is 25.2 Å². The van der Waals surface area contributed by atoms with Gasteiger partial charge in [0.2, 0.25) is 0 Å². The third-order valence-corrected chi connectivity index (χ3v) is 1.23. The van der Waals surface area contributed by atoms with Crippen LogP contribution in [0.15, 0.2) is 29.5 Å². The molecule has 1 aliphatic carbocycles. The Morgan fingerprint density at radius 1 is 1.54 bits per heavy atom. The van der Waals surface area contributed by atoms with Crippen molar-refractivity contribution in [2.75, 3.05) is 6.61 Å². The maximum atomic E-state index is 11.0. The van der Waals surface area contributed by atoms with E-state index in [1.807, 2.05) is 0 Å². The number of carbonyl (C=O) groups is 1. The topological polar surface area (TPSA) is 26.3 Å². The molecule has 1 aliphatic rings. The molecule has 0 fully saturated rings. The largest absolute Gasteiger partial charge is 1.00 e. The minimum atomic E-state index is -0.276. The van der Waals surface area contributed by atoms with Crippen LogP contribution in [0, 0.1) is 6.42 Å². The molecule has 2 nitrogen and oxygen atoms in total. The summed E-state index contributed by atoms with van der Waals surface area (Å²) in [5.74, 6) is -0.276.